The van der Waals surface area contributed by atoms with E-state index in [0.717, 1.165) is 15.8 Å². The van der Waals surface area contributed by atoms with E-state index in [2.05, 4.69) is 33.7 Å². The third-order valence-corrected chi connectivity index (χ3v) is 6.25. The number of amides is 1. The zero-order valence-corrected chi connectivity index (χ0v) is 21.2. The van der Waals surface area contributed by atoms with Gasteiger partial charge in [-0.3, -0.25) is 9.48 Å². The predicted octanol–water partition coefficient (Wildman–Crippen LogP) is 5.49. The van der Waals surface area contributed by atoms with Gasteiger partial charge in [-0.05, 0) is 41.3 Å². The number of carbonyl (C=O) groups excluding carboxylic acids is 1. The SMILES string of the molecule is C[C@H](CNCC(C(=O)Nc1ccc(-c2cnn(CC(F)(F)F)c2)cn1)c1ccccc1)c1ccc(C#N)cc1. The van der Waals surface area contributed by atoms with Crippen LogP contribution in [-0.2, 0) is 11.3 Å². The van der Waals surface area contributed by atoms with Gasteiger partial charge in [0.15, 0.2) is 0 Å². The molecule has 0 spiro atoms. The predicted molar refractivity (Wildman–Crippen MR) is 142 cm³/mol. The highest BCUT2D eigenvalue weighted by molar-refractivity contribution is 5.95. The summed E-state index contributed by atoms with van der Waals surface area (Å²) < 4.78 is 38.6. The molecule has 0 aliphatic rings. The molecular weight excluding hydrogens is 505 g/mol. The van der Waals surface area contributed by atoms with Crippen molar-refractivity contribution in [2.24, 2.45) is 0 Å². The molecule has 10 heteroatoms. The number of hydrogen-bond donors (Lipinski definition) is 2. The van der Waals surface area contributed by atoms with Gasteiger partial charge in [-0.25, -0.2) is 4.98 Å². The van der Waals surface area contributed by atoms with Gasteiger partial charge >= 0.3 is 6.18 Å². The number of hydrogen-bond acceptors (Lipinski definition) is 5. The summed E-state index contributed by atoms with van der Waals surface area (Å²) in [5.41, 5.74) is 3.63. The summed E-state index contributed by atoms with van der Waals surface area (Å²) in [6, 6.07) is 22.3. The second-order valence-corrected chi connectivity index (χ2v) is 9.22. The van der Waals surface area contributed by atoms with Gasteiger partial charge in [0, 0.05) is 36.6 Å². The Kier molecular flexibility index (Phi) is 8.74. The maximum atomic E-state index is 13.3. The Balaban J connectivity index is 1.39. The fraction of sp³-hybridized carbons (Fsp3) is 0.241. The minimum atomic E-state index is -4.36. The lowest BCUT2D eigenvalue weighted by molar-refractivity contribution is -0.142. The Bertz CT molecular complexity index is 1410. The number of benzene rings is 2. The number of nitriles is 1. The molecule has 0 radical (unpaired) electrons. The summed E-state index contributed by atoms with van der Waals surface area (Å²) in [5.74, 6) is -0.218. The molecule has 1 amide bonds. The van der Waals surface area contributed by atoms with Gasteiger partial charge < -0.3 is 10.6 Å². The van der Waals surface area contributed by atoms with Crippen LogP contribution in [0.5, 0.6) is 0 Å². The molecule has 1 unspecified atom stereocenters. The first-order chi connectivity index (χ1) is 18.7. The summed E-state index contributed by atoms with van der Waals surface area (Å²) in [6.07, 6.45) is -0.225. The van der Waals surface area contributed by atoms with Crippen LogP contribution >= 0.6 is 0 Å². The fourth-order valence-corrected chi connectivity index (χ4v) is 4.13. The molecule has 0 bridgehead atoms. The summed E-state index contributed by atoms with van der Waals surface area (Å²) in [7, 11) is 0. The van der Waals surface area contributed by atoms with E-state index in [1.54, 1.807) is 24.3 Å². The van der Waals surface area contributed by atoms with Crippen LogP contribution in [0.4, 0.5) is 19.0 Å². The van der Waals surface area contributed by atoms with Crippen molar-refractivity contribution in [1.82, 2.24) is 20.1 Å². The molecule has 2 N–H and O–H groups in total. The highest BCUT2D eigenvalue weighted by Crippen LogP contribution is 2.23. The van der Waals surface area contributed by atoms with Crippen LogP contribution in [0.1, 0.15) is 35.4 Å². The first-order valence-electron chi connectivity index (χ1n) is 12.3. The highest BCUT2D eigenvalue weighted by atomic mass is 19.4. The van der Waals surface area contributed by atoms with E-state index in [4.69, 9.17) is 5.26 Å². The molecule has 0 aliphatic carbocycles. The summed E-state index contributed by atoms with van der Waals surface area (Å²) in [4.78, 5) is 17.6. The Morgan fingerprint density at radius 1 is 0.974 bits per heavy atom. The van der Waals surface area contributed by atoms with Gasteiger partial charge in [0.2, 0.25) is 5.91 Å². The number of nitrogens with one attached hydrogen (secondary N) is 2. The lowest BCUT2D eigenvalue weighted by atomic mass is 9.96. The van der Waals surface area contributed by atoms with Crippen LogP contribution in [0.3, 0.4) is 0 Å². The van der Waals surface area contributed by atoms with Crippen molar-refractivity contribution >= 4 is 11.7 Å². The summed E-state index contributed by atoms with van der Waals surface area (Å²) in [5, 5.41) is 19.0. The van der Waals surface area contributed by atoms with Crippen molar-refractivity contribution in [3.8, 4) is 17.2 Å². The molecule has 0 fully saturated rings. The number of alkyl halides is 3. The lowest BCUT2D eigenvalue weighted by Gasteiger charge is -2.20. The smallest absolute Gasteiger partial charge is 0.315 e. The second-order valence-electron chi connectivity index (χ2n) is 9.22. The monoisotopic (exact) mass is 532 g/mol. The van der Waals surface area contributed by atoms with Gasteiger partial charge in [-0.15, -0.1) is 0 Å². The molecule has 4 rings (SSSR count). The van der Waals surface area contributed by atoms with Crippen molar-refractivity contribution in [3.63, 3.8) is 0 Å². The zero-order valence-electron chi connectivity index (χ0n) is 21.2. The lowest BCUT2D eigenvalue weighted by Crippen LogP contribution is -2.32. The van der Waals surface area contributed by atoms with Crippen LogP contribution in [0.25, 0.3) is 11.1 Å². The van der Waals surface area contributed by atoms with E-state index in [1.807, 2.05) is 42.5 Å². The Morgan fingerprint density at radius 2 is 1.72 bits per heavy atom. The van der Waals surface area contributed by atoms with Crippen LogP contribution in [0.15, 0.2) is 85.3 Å². The Hall–Kier alpha value is -4.49. The van der Waals surface area contributed by atoms with Gasteiger partial charge in [0.05, 0.1) is 23.7 Å². The normalized spacial score (nSPS) is 12.9. The van der Waals surface area contributed by atoms with Crippen LogP contribution in [-0.4, -0.2) is 39.9 Å². The van der Waals surface area contributed by atoms with Gasteiger partial charge in [0.1, 0.15) is 12.4 Å². The Labute approximate surface area is 224 Å². The zero-order chi connectivity index (χ0) is 27.8. The topological polar surface area (TPSA) is 95.6 Å². The number of rotatable bonds is 10. The van der Waals surface area contributed by atoms with E-state index < -0.39 is 18.6 Å². The van der Waals surface area contributed by atoms with Gasteiger partial charge in [0.25, 0.3) is 0 Å². The molecule has 0 aliphatic heterocycles. The van der Waals surface area contributed by atoms with Crippen molar-refractivity contribution in [3.05, 3.63) is 102 Å². The van der Waals surface area contributed by atoms with E-state index in [9.17, 15) is 18.0 Å². The van der Waals surface area contributed by atoms with E-state index >= 15 is 0 Å². The van der Waals surface area contributed by atoms with Crippen LogP contribution in [0.2, 0.25) is 0 Å². The highest BCUT2D eigenvalue weighted by Gasteiger charge is 2.28. The molecule has 7 nitrogen and oxygen atoms in total. The maximum absolute atomic E-state index is 13.3. The average Bonchev–Trinajstić information content (AvgIpc) is 3.38. The number of carbonyl (C=O) groups is 1. The van der Waals surface area contributed by atoms with Crippen molar-refractivity contribution in [2.75, 3.05) is 18.4 Å². The third kappa shape index (κ3) is 7.75. The van der Waals surface area contributed by atoms with Gasteiger partial charge in [-0.2, -0.15) is 23.5 Å². The van der Waals surface area contributed by atoms with E-state index in [1.165, 1.54) is 18.6 Å². The maximum Gasteiger partial charge on any atom is 0.408 e. The molecule has 4 aromatic rings. The molecule has 2 atom stereocenters. The molecule has 200 valence electrons. The molecule has 2 heterocycles. The van der Waals surface area contributed by atoms with E-state index in [0.29, 0.717) is 35.6 Å². The largest absolute Gasteiger partial charge is 0.408 e. The molecule has 39 heavy (non-hydrogen) atoms. The molecule has 2 aromatic carbocycles. The first-order valence-corrected chi connectivity index (χ1v) is 12.3. The minimum Gasteiger partial charge on any atom is -0.315 e. The third-order valence-electron chi connectivity index (χ3n) is 6.25. The number of halogens is 3. The minimum absolute atomic E-state index is 0.173. The summed E-state index contributed by atoms with van der Waals surface area (Å²) >= 11 is 0. The van der Waals surface area contributed by atoms with E-state index in [-0.39, 0.29) is 11.8 Å². The molecule has 0 saturated heterocycles. The quantitative estimate of drug-likeness (QED) is 0.281. The Morgan fingerprint density at radius 3 is 2.36 bits per heavy atom. The first kappa shape index (κ1) is 27.5. The van der Waals surface area contributed by atoms with Crippen molar-refractivity contribution < 1.29 is 18.0 Å². The van der Waals surface area contributed by atoms with Crippen LogP contribution in [0, 0.1) is 11.3 Å². The van der Waals surface area contributed by atoms with Crippen molar-refractivity contribution in [2.45, 2.75) is 31.5 Å². The number of anilines is 1. The number of nitrogens with zero attached hydrogens (tertiary/aromatic N) is 4. The molecule has 0 saturated carbocycles. The standard InChI is InChI=1S/C29H27F3N6O/c1-20(22-9-7-21(13-33)8-10-22)14-34-17-26(23-5-3-2-4-6-23)28(39)37-27-12-11-24(15-35-27)25-16-36-38(18-25)19-29(30,31)32/h2-12,15-16,18,20,26,34H,14,17,19H2,1H3,(H,35,37,39)/t20-,26?/m1/s1. The van der Waals surface area contributed by atoms with Crippen LogP contribution < -0.4 is 10.6 Å². The molecule has 2 aromatic heterocycles. The molecular formula is C29H27F3N6O. The fourth-order valence-electron chi connectivity index (χ4n) is 4.13. The number of pyridine rings is 1. The average molecular weight is 533 g/mol. The van der Waals surface area contributed by atoms with Gasteiger partial charge in [-0.1, -0.05) is 49.4 Å². The van der Waals surface area contributed by atoms with Crippen molar-refractivity contribution in [1.29, 1.82) is 5.26 Å². The summed E-state index contributed by atoms with van der Waals surface area (Å²) in [6.45, 7) is 1.93. The number of aromatic nitrogens is 3. The second kappa shape index (κ2) is 12.4.